The summed E-state index contributed by atoms with van der Waals surface area (Å²) in [5.41, 5.74) is 1.29. The molecule has 3 rings (SSSR count). The predicted octanol–water partition coefficient (Wildman–Crippen LogP) is 2.49. The molecular weight excluding hydrogens is 335 g/mol. The first kappa shape index (κ1) is 18.0. The van der Waals surface area contributed by atoms with Crippen molar-refractivity contribution in [3.8, 4) is 0 Å². The van der Waals surface area contributed by atoms with Crippen molar-refractivity contribution in [1.82, 2.24) is 14.9 Å². The molecule has 1 atom stereocenters. The van der Waals surface area contributed by atoms with Gasteiger partial charge in [0.15, 0.2) is 0 Å². The molecule has 2 aromatic rings. The largest absolute Gasteiger partial charge is 0.466 e. The molecular formula is C19H21FN4O2. The van der Waals surface area contributed by atoms with E-state index < -0.39 is 5.97 Å². The third-order valence-corrected chi connectivity index (χ3v) is 4.24. The highest BCUT2D eigenvalue weighted by Crippen LogP contribution is 2.18. The molecule has 7 heteroatoms. The van der Waals surface area contributed by atoms with Crippen molar-refractivity contribution in [2.75, 3.05) is 25.5 Å². The Morgan fingerprint density at radius 3 is 2.96 bits per heavy atom. The number of aromatic nitrogens is 2. The van der Waals surface area contributed by atoms with Gasteiger partial charge < -0.3 is 10.1 Å². The Kier molecular flexibility index (Phi) is 5.91. The maximum absolute atomic E-state index is 13.8. The van der Waals surface area contributed by atoms with E-state index in [1.807, 2.05) is 12.1 Å². The minimum atomic E-state index is -0.435. The topological polar surface area (TPSA) is 67.3 Å². The highest BCUT2D eigenvalue weighted by atomic mass is 19.1. The summed E-state index contributed by atoms with van der Waals surface area (Å²) in [6, 6.07) is 7.12. The number of benzene rings is 1. The molecule has 0 amide bonds. The average Bonchev–Trinajstić information content (AvgIpc) is 3.09. The van der Waals surface area contributed by atoms with E-state index in [-0.39, 0.29) is 11.9 Å². The molecule has 26 heavy (non-hydrogen) atoms. The standard InChI is InChI=1S/C19H21FN4O2/c1-26-19(25)7-6-15-10-22-18(11-21-15)23-16-8-9-24(13-16)12-14-4-2-3-5-17(14)20/h2-7,10-11,16H,8-9,12-13H2,1H3,(H,22,23)/b7-6+/t16-/m1/s1. The van der Waals surface area contributed by atoms with Gasteiger partial charge >= 0.3 is 5.97 Å². The van der Waals surface area contributed by atoms with Crippen molar-refractivity contribution < 1.29 is 13.9 Å². The third kappa shape index (κ3) is 4.86. The molecule has 1 aromatic carbocycles. The number of nitrogens with zero attached hydrogens (tertiary/aromatic N) is 3. The van der Waals surface area contributed by atoms with Gasteiger partial charge in [-0.05, 0) is 18.6 Å². The van der Waals surface area contributed by atoms with Gasteiger partial charge in [-0.3, -0.25) is 9.88 Å². The number of ether oxygens (including phenoxy) is 1. The fraction of sp³-hybridized carbons (Fsp3) is 0.316. The van der Waals surface area contributed by atoms with Crippen molar-refractivity contribution in [2.24, 2.45) is 0 Å². The molecule has 1 saturated heterocycles. The SMILES string of the molecule is COC(=O)/C=C/c1cnc(N[C@@H]2CCN(Cc3ccccc3F)C2)cn1. The first-order valence-corrected chi connectivity index (χ1v) is 8.44. The number of hydrogen-bond donors (Lipinski definition) is 1. The molecule has 0 aliphatic carbocycles. The van der Waals surface area contributed by atoms with Gasteiger partial charge in [-0.2, -0.15) is 0 Å². The molecule has 1 fully saturated rings. The van der Waals surface area contributed by atoms with E-state index in [1.54, 1.807) is 24.5 Å². The summed E-state index contributed by atoms with van der Waals surface area (Å²) in [7, 11) is 1.32. The van der Waals surface area contributed by atoms with Crippen LogP contribution >= 0.6 is 0 Å². The lowest BCUT2D eigenvalue weighted by molar-refractivity contribution is -0.134. The maximum atomic E-state index is 13.8. The molecule has 0 unspecified atom stereocenters. The minimum absolute atomic E-state index is 0.162. The second-order valence-corrected chi connectivity index (χ2v) is 6.14. The fourth-order valence-corrected chi connectivity index (χ4v) is 2.89. The van der Waals surface area contributed by atoms with E-state index in [1.165, 1.54) is 19.3 Å². The smallest absolute Gasteiger partial charge is 0.330 e. The Balaban J connectivity index is 1.51. The number of carbonyl (C=O) groups excluding carboxylic acids is 1. The van der Waals surface area contributed by atoms with E-state index >= 15 is 0 Å². The first-order valence-electron chi connectivity index (χ1n) is 8.44. The zero-order valence-electron chi connectivity index (χ0n) is 14.6. The summed E-state index contributed by atoms with van der Waals surface area (Å²) in [4.78, 5) is 21.8. The van der Waals surface area contributed by atoms with Gasteiger partial charge in [0.1, 0.15) is 11.6 Å². The molecule has 1 aliphatic rings. The van der Waals surface area contributed by atoms with Crippen molar-refractivity contribution in [1.29, 1.82) is 0 Å². The molecule has 0 spiro atoms. The van der Waals surface area contributed by atoms with Gasteiger partial charge in [0.05, 0.1) is 25.2 Å². The Hall–Kier alpha value is -2.80. The average molecular weight is 356 g/mol. The summed E-state index contributed by atoms with van der Waals surface area (Å²) in [5, 5.41) is 3.35. The molecule has 1 aromatic heterocycles. The number of rotatable bonds is 6. The van der Waals surface area contributed by atoms with Crippen LogP contribution in [0.1, 0.15) is 17.7 Å². The van der Waals surface area contributed by atoms with Gasteiger partial charge in [0.2, 0.25) is 0 Å². The molecule has 1 N–H and O–H groups in total. The number of likely N-dealkylation sites (tertiary alicyclic amines) is 1. The highest BCUT2D eigenvalue weighted by molar-refractivity contribution is 5.86. The van der Waals surface area contributed by atoms with Gasteiger partial charge in [0.25, 0.3) is 0 Å². The first-order chi connectivity index (χ1) is 12.6. The zero-order chi connectivity index (χ0) is 18.4. The van der Waals surface area contributed by atoms with Crippen LogP contribution in [0.25, 0.3) is 6.08 Å². The summed E-state index contributed by atoms with van der Waals surface area (Å²) in [5.74, 6) is 0.0817. The maximum Gasteiger partial charge on any atom is 0.330 e. The molecule has 2 heterocycles. The van der Waals surface area contributed by atoms with Crippen LogP contribution in [0.15, 0.2) is 42.7 Å². The minimum Gasteiger partial charge on any atom is -0.466 e. The highest BCUT2D eigenvalue weighted by Gasteiger charge is 2.23. The molecule has 0 bridgehead atoms. The van der Waals surface area contributed by atoms with Crippen molar-refractivity contribution in [2.45, 2.75) is 19.0 Å². The molecule has 136 valence electrons. The van der Waals surface area contributed by atoms with E-state index in [9.17, 15) is 9.18 Å². The Morgan fingerprint density at radius 1 is 1.38 bits per heavy atom. The van der Waals surface area contributed by atoms with Crippen LogP contribution in [0, 0.1) is 5.82 Å². The number of halogens is 1. The van der Waals surface area contributed by atoms with Gasteiger partial charge in [-0.25, -0.2) is 14.2 Å². The monoisotopic (exact) mass is 356 g/mol. The van der Waals surface area contributed by atoms with Gasteiger partial charge in [-0.15, -0.1) is 0 Å². The lowest BCUT2D eigenvalue weighted by Crippen LogP contribution is -2.26. The van der Waals surface area contributed by atoms with Crippen LogP contribution in [-0.2, 0) is 16.1 Å². The summed E-state index contributed by atoms with van der Waals surface area (Å²) in [6.45, 7) is 2.33. The van der Waals surface area contributed by atoms with Crippen LogP contribution < -0.4 is 5.32 Å². The second-order valence-electron chi connectivity index (χ2n) is 6.14. The van der Waals surface area contributed by atoms with E-state index in [0.29, 0.717) is 18.1 Å². The lowest BCUT2D eigenvalue weighted by atomic mass is 10.2. The number of methoxy groups -OCH3 is 1. The molecule has 0 radical (unpaired) electrons. The predicted molar refractivity (Wildman–Crippen MR) is 96.8 cm³/mol. The number of nitrogens with one attached hydrogen (secondary N) is 1. The Morgan fingerprint density at radius 2 is 2.23 bits per heavy atom. The quantitative estimate of drug-likeness (QED) is 0.634. The number of esters is 1. The van der Waals surface area contributed by atoms with E-state index in [4.69, 9.17) is 0 Å². The van der Waals surface area contributed by atoms with Crippen LogP contribution in [0.3, 0.4) is 0 Å². The third-order valence-electron chi connectivity index (χ3n) is 4.24. The van der Waals surface area contributed by atoms with Crippen LogP contribution in [0.4, 0.5) is 10.2 Å². The van der Waals surface area contributed by atoms with Gasteiger partial charge in [-0.1, -0.05) is 18.2 Å². The van der Waals surface area contributed by atoms with Gasteiger partial charge in [0, 0.05) is 37.3 Å². The molecule has 6 nitrogen and oxygen atoms in total. The summed E-state index contributed by atoms with van der Waals surface area (Å²) in [6.07, 6.45) is 7.04. The second kappa shape index (κ2) is 8.53. The number of anilines is 1. The van der Waals surface area contributed by atoms with Crippen LogP contribution in [0.5, 0.6) is 0 Å². The van der Waals surface area contributed by atoms with E-state index in [0.717, 1.165) is 25.1 Å². The number of hydrogen-bond acceptors (Lipinski definition) is 6. The zero-order valence-corrected chi connectivity index (χ0v) is 14.6. The van der Waals surface area contributed by atoms with Crippen molar-refractivity contribution >= 4 is 17.9 Å². The normalized spacial score (nSPS) is 17.5. The van der Waals surface area contributed by atoms with Crippen LogP contribution in [0.2, 0.25) is 0 Å². The summed E-state index contributed by atoms with van der Waals surface area (Å²) < 4.78 is 18.3. The van der Waals surface area contributed by atoms with Crippen molar-refractivity contribution in [3.05, 3.63) is 59.8 Å². The van der Waals surface area contributed by atoms with Crippen LogP contribution in [-0.4, -0.2) is 47.1 Å². The lowest BCUT2D eigenvalue weighted by Gasteiger charge is -2.17. The Labute approximate surface area is 151 Å². The summed E-state index contributed by atoms with van der Waals surface area (Å²) >= 11 is 0. The van der Waals surface area contributed by atoms with E-state index in [2.05, 4.69) is 24.9 Å². The number of carbonyl (C=O) groups is 1. The fourth-order valence-electron chi connectivity index (χ4n) is 2.89. The Bertz CT molecular complexity index is 779. The molecule has 0 saturated carbocycles. The van der Waals surface area contributed by atoms with Crippen molar-refractivity contribution in [3.63, 3.8) is 0 Å². The molecule has 1 aliphatic heterocycles.